The Hall–Kier alpha value is -0.840. The second kappa shape index (κ2) is 6.07. The van der Waals surface area contributed by atoms with E-state index in [0.717, 1.165) is 6.54 Å². The van der Waals surface area contributed by atoms with E-state index in [1.54, 1.807) is 11.9 Å². The third kappa shape index (κ3) is 3.59. The summed E-state index contributed by atoms with van der Waals surface area (Å²) in [5.74, 6) is -0.165. The summed E-state index contributed by atoms with van der Waals surface area (Å²) in [7, 11) is 3.85. The van der Waals surface area contributed by atoms with Crippen LogP contribution in [0.3, 0.4) is 0 Å². The van der Waals surface area contributed by atoms with Crippen LogP contribution in [0.5, 0.6) is 0 Å². The molecule has 2 rings (SSSR count). The minimum absolute atomic E-state index is 0.165. The molecule has 1 aliphatic rings. The van der Waals surface area contributed by atoms with E-state index in [1.807, 2.05) is 0 Å². The number of nitrogens with zero attached hydrogens (tertiary/aromatic N) is 3. The molecule has 1 amide bonds. The number of amides is 1. The molecule has 0 unspecified atom stereocenters. The lowest BCUT2D eigenvalue weighted by Gasteiger charge is -2.22. The quantitative estimate of drug-likeness (QED) is 0.838. The van der Waals surface area contributed by atoms with Gasteiger partial charge in [0.05, 0.1) is 15.6 Å². The van der Waals surface area contributed by atoms with E-state index in [2.05, 4.69) is 16.9 Å². The van der Waals surface area contributed by atoms with Crippen LogP contribution in [-0.4, -0.2) is 53.9 Å². The highest BCUT2D eigenvalue weighted by atomic mass is 35.5. The van der Waals surface area contributed by atoms with E-state index in [9.17, 15) is 4.79 Å². The van der Waals surface area contributed by atoms with Crippen molar-refractivity contribution in [3.63, 3.8) is 0 Å². The van der Waals surface area contributed by atoms with Gasteiger partial charge in [0.15, 0.2) is 0 Å². The van der Waals surface area contributed by atoms with E-state index < -0.39 is 0 Å². The molecule has 0 radical (unpaired) electrons. The summed E-state index contributed by atoms with van der Waals surface area (Å²) in [5, 5.41) is 0.583. The molecular weight excluding hydrogens is 285 g/mol. The van der Waals surface area contributed by atoms with Crippen molar-refractivity contribution in [2.75, 3.05) is 27.2 Å². The Morgan fingerprint density at radius 1 is 1.26 bits per heavy atom. The van der Waals surface area contributed by atoms with Gasteiger partial charge in [-0.15, -0.1) is 0 Å². The average molecular weight is 302 g/mol. The number of rotatable bonds is 5. The zero-order chi connectivity index (χ0) is 14.0. The van der Waals surface area contributed by atoms with Gasteiger partial charge in [-0.25, -0.2) is 0 Å². The van der Waals surface area contributed by atoms with Crippen molar-refractivity contribution in [1.29, 1.82) is 0 Å². The maximum absolute atomic E-state index is 12.3. The van der Waals surface area contributed by atoms with Crippen LogP contribution in [0.4, 0.5) is 0 Å². The highest BCUT2D eigenvalue weighted by Crippen LogP contribution is 2.26. The van der Waals surface area contributed by atoms with Gasteiger partial charge in [0, 0.05) is 38.6 Å². The molecule has 0 saturated heterocycles. The normalized spacial score (nSPS) is 14.8. The molecule has 0 N–H and O–H groups in total. The van der Waals surface area contributed by atoms with Gasteiger partial charge < -0.3 is 9.80 Å². The maximum Gasteiger partial charge on any atom is 0.256 e. The van der Waals surface area contributed by atoms with Crippen molar-refractivity contribution in [2.45, 2.75) is 18.9 Å². The van der Waals surface area contributed by atoms with E-state index in [4.69, 9.17) is 23.2 Å². The molecule has 19 heavy (non-hydrogen) atoms. The van der Waals surface area contributed by atoms with Gasteiger partial charge in [0.25, 0.3) is 5.91 Å². The Morgan fingerprint density at radius 3 is 2.37 bits per heavy atom. The lowest BCUT2D eigenvalue weighted by molar-refractivity contribution is 0.0781. The largest absolute Gasteiger partial charge is 0.340 e. The summed E-state index contributed by atoms with van der Waals surface area (Å²) in [6.07, 6.45) is 5.39. The molecule has 1 aromatic rings. The summed E-state index contributed by atoms with van der Waals surface area (Å²) in [6, 6.07) is 0.691. The standard InChI is InChI=1S/C13H17Cl2N3O/c1-17(9-3-4-9)5-6-18(2)13(19)12-10(14)7-16-8-11(12)15/h7-9H,3-6H2,1-2H3. The third-order valence-corrected chi connectivity index (χ3v) is 3.95. The molecule has 0 spiro atoms. The van der Waals surface area contributed by atoms with Crippen LogP contribution in [-0.2, 0) is 0 Å². The van der Waals surface area contributed by atoms with Gasteiger partial charge in [-0.3, -0.25) is 9.78 Å². The molecule has 1 aliphatic carbocycles. The van der Waals surface area contributed by atoms with Crippen LogP contribution in [0.2, 0.25) is 10.0 Å². The molecule has 0 aromatic carbocycles. The van der Waals surface area contributed by atoms with Crippen molar-refractivity contribution < 1.29 is 4.79 Å². The Labute approximate surface area is 123 Å². The summed E-state index contributed by atoms with van der Waals surface area (Å²) >= 11 is 12.0. The highest BCUT2D eigenvalue weighted by Gasteiger charge is 2.26. The fourth-order valence-corrected chi connectivity index (χ4v) is 2.44. The molecule has 1 heterocycles. The van der Waals surface area contributed by atoms with Gasteiger partial charge >= 0.3 is 0 Å². The number of halogens is 2. The van der Waals surface area contributed by atoms with Crippen LogP contribution in [0.15, 0.2) is 12.4 Å². The van der Waals surface area contributed by atoms with Crippen LogP contribution in [0.1, 0.15) is 23.2 Å². The number of hydrogen-bond donors (Lipinski definition) is 0. The number of aromatic nitrogens is 1. The first kappa shape index (κ1) is 14.6. The zero-order valence-electron chi connectivity index (χ0n) is 11.1. The smallest absolute Gasteiger partial charge is 0.256 e. The lowest BCUT2D eigenvalue weighted by Crippen LogP contribution is -2.35. The van der Waals surface area contributed by atoms with E-state index in [0.29, 0.717) is 28.2 Å². The molecule has 6 heteroatoms. The van der Waals surface area contributed by atoms with Gasteiger partial charge in [0.2, 0.25) is 0 Å². The first-order chi connectivity index (χ1) is 9.00. The van der Waals surface area contributed by atoms with Crippen molar-refractivity contribution in [3.05, 3.63) is 28.0 Å². The monoisotopic (exact) mass is 301 g/mol. The Morgan fingerprint density at radius 2 is 1.84 bits per heavy atom. The lowest BCUT2D eigenvalue weighted by atomic mass is 10.2. The second-order valence-corrected chi connectivity index (χ2v) is 5.73. The molecule has 0 aliphatic heterocycles. The van der Waals surface area contributed by atoms with Crippen molar-refractivity contribution in [2.24, 2.45) is 0 Å². The minimum Gasteiger partial charge on any atom is -0.340 e. The topological polar surface area (TPSA) is 36.4 Å². The Kier molecular flexibility index (Phi) is 4.66. The molecular formula is C13H17Cl2N3O. The minimum atomic E-state index is -0.165. The molecule has 104 valence electrons. The summed E-state index contributed by atoms with van der Waals surface area (Å²) in [4.78, 5) is 20.1. The fraction of sp³-hybridized carbons (Fsp3) is 0.538. The van der Waals surface area contributed by atoms with Crippen LogP contribution in [0.25, 0.3) is 0 Å². The predicted molar refractivity (Wildman–Crippen MR) is 76.9 cm³/mol. The number of hydrogen-bond acceptors (Lipinski definition) is 3. The molecule has 4 nitrogen and oxygen atoms in total. The average Bonchev–Trinajstić information content (AvgIpc) is 3.19. The Bertz CT molecular complexity index is 457. The SMILES string of the molecule is CN(CCN(C)C1CC1)C(=O)c1c(Cl)cncc1Cl. The van der Waals surface area contributed by atoms with Crippen molar-refractivity contribution >= 4 is 29.1 Å². The first-order valence-corrected chi connectivity index (χ1v) is 7.01. The van der Waals surface area contributed by atoms with Crippen LogP contribution >= 0.6 is 23.2 Å². The van der Waals surface area contributed by atoms with Crippen molar-refractivity contribution in [3.8, 4) is 0 Å². The molecule has 0 atom stereocenters. The number of carbonyl (C=O) groups excluding carboxylic acids is 1. The summed E-state index contributed by atoms with van der Waals surface area (Å²) < 4.78 is 0. The van der Waals surface area contributed by atoms with Gasteiger partial charge in [-0.2, -0.15) is 0 Å². The van der Waals surface area contributed by atoms with Gasteiger partial charge in [0.1, 0.15) is 0 Å². The fourth-order valence-electron chi connectivity index (χ4n) is 1.91. The molecule has 0 bridgehead atoms. The second-order valence-electron chi connectivity index (χ2n) is 4.92. The molecule has 1 aromatic heterocycles. The van der Waals surface area contributed by atoms with Crippen LogP contribution < -0.4 is 0 Å². The molecule has 1 fully saturated rings. The van der Waals surface area contributed by atoms with Gasteiger partial charge in [-0.1, -0.05) is 23.2 Å². The number of carbonyl (C=O) groups is 1. The van der Waals surface area contributed by atoms with E-state index in [-0.39, 0.29) is 5.91 Å². The van der Waals surface area contributed by atoms with Crippen LogP contribution in [0, 0.1) is 0 Å². The van der Waals surface area contributed by atoms with E-state index >= 15 is 0 Å². The number of pyridine rings is 1. The van der Waals surface area contributed by atoms with Gasteiger partial charge in [-0.05, 0) is 19.9 Å². The third-order valence-electron chi connectivity index (χ3n) is 3.37. The zero-order valence-corrected chi connectivity index (χ0v) is 12.6. The predicted octanol–water partition coefficient (Wildman–Crippen LogP) is 2.55. The number of likely N-dealkylation sites (N-methyl/N-ethyl adjacent to an activating group) is 2. The van der Waals surface area contributed by atoms with Crippen molar-refractivity contribution in [1.82, 2.24) is 14.8 Å². The first-order valence-electron chi connectivity index (χ1n) is 6.25. The Balaban J connectivity index is 1.98. The summed E-state index contributed by atoms with van der Waals surface area (Å²) in [5.41, 5.74) is 0.329. The highest BCUT2D eigenvalue weighted by molar-refractivity contribution is 6.39. The maximum atomic E-state index is 12.3. The van der Waals surface area contributed by atoms with E-state index in [1.165, 1.54) is 25.2 Å². The molecule has 1 saturated carbocycles. The summed E-state index contributed by atoms with van der Waals surface area (Å²) in [6.45, 7) is 1.51.